The molecule has 0 bridgehead atoms. The summed E-state index contributed by atoms with van der Waals surface area (Å²) >= 11 is 0. The summed E-state index contributed by atoms with van der Waals surface area (Å²) in [6.07, 6.45) is 5.91. The predicted octanol–water partition coefficient (Wildman–Crippen LogP) is 2.42. The first-order chi connectivity index (χ1) is 8.79. The molecule has 2 rings (SSSR count). The van der Waals surface area contributed by atoms with Crippen molar-refractivity contribution in [1.82, 2.24) is 15.2 Å². The molecular weight excluding hydrogens is 222 g/mol. The van der Waals surface area contributed by atoms with Gasteiger partial charge in [0.05, 0.1) is 5.69 Å². The van der Waals surface area contributed by atoms with Gasteiger partial charge in [-0.2, -0.15) is 0 Å². The fraction of sp³-hybridized carbons (Fsp3) is 0.667. The van der Waals surface area contributed by atoms with Crippen LogP contribution in [-0.4, -0.2) is 30.0 Å². The van der Waals surface area contributed by atoms with Gasteiger partial charge in [0.15, 0.2) is 0 Å². The molecule has 0 spiro atoms. The van der Waals surface area contributed by atoms with Crippen LogP contribution in [0.4, 0.5) is 0 Å². The van der Waals surface area contributed by atoms with Crippen molar-refractivity contribution in [1.29, 1.82) is 0 Å². The van der Waals surface area contributed by atoms with Crippen LogP contribution in [0.3, 0.4) is 0 Å². The molecule has 3 nitrogen and oxygen atoms in total. The Morgan fingerprint density at radius 1 is 1.44 bits per heavy atom. The Kier molecular flexibility index (Phi) is 5.14. The van der Waals surface area contributed by atoms with Crippen LogP contribution in [0, 0.1) is 5.92 Å². The number of hydrogen-bond donors (Lipinski definition) is 1. The fourth-order valence-corrected chi connectivity index (χ4v) is 2.24. The van der Waals surface area contributed by atoms with Gasteiger partial charge in [-0.25, -0.2) is 0 Å². The Balaban J connectivity index is 1.88. The van der Waals surface area contributed by atoms with Crippen LogP contribution in [0.1, 0.15) is 37.4 Å². The van der Waals surface area contributed by atoms with E-state index in [0.29, 0.717) is 0 Å². The third-order valence-corrected chi connectivity index (χ3v) is 3.41. The molecular formula is C15H25N3. The van der Waals surface area contributed by atoms with Crippen LogP contribution in [0.15, 0.2) is 18.3 Å². The molecule has 0 radical (unpaired) electrons. The van der Waals surface area contributed by atoms with Crippen molar-refractivity contribution in [2.24, 2.45) is 5.92 Å². The Labute approximate surface area is 111 Å². The van der Waals surface area contributed by atoms with Gasteiger partial charge in [-0.05, 0) is 50.4 Å². The average molecular weight is 247 g/mol. The van der Waals surface area contributed by atoms with Gasteiger partial charge >= 0.3 is 0 Å². The molecule has 0 atom stereocenters. The van der Waals surface area contributed by atoms with E-state index in [4.69, 9.17) is 0 Å². The van der Waals surface area contributed by atoms with Gasteiger partial charge in [0.2, 0.25) is 0 Å². The maximum atomic E-state index is 4.54. The molecule has 1 aromatic rings. The number of pyridine rings is 1. The smallest absolute Gasteiger partial charge is 0.0588 e. The molecule has 18 heavy (non-hydrogen) atoms. The van der Waals surface area contributed by atoms with Crippen molar-refractivity contribution >= 4 is 0 Å². The Morgan fingerprint density at radius 2 is 2.28 bits per heavy atom. The summed E-state index contributed by atoms with van der Waals surface area (Å²) < 4.78 is 0. The molecule has 1 aliphatic rings. The van der Waals surface area contributed by atoms with E-state index in [2.05, 4.69) is 35.2 Å². The first kappa shape index (κ1) is 13.5. The van der Waals surface area contributed by atoms with Gasteiger partial charge in [-0.1, -0.05) is 13.0 Å². The van der Waals surface area contributed by atoms with Crippen molar-refractivity contribution < 1.29 is 0 Å². The highest BCUT2D eigenvalue weighted by Crippen LogP contribution is 2.29. The van der Waals surface area contributed by atoms with Crippen LogP contribution in [0.25, 0.3) is 0 Å². The molecule has 1 heterocycles. The summed E-state index contributed by atoms with van der Waals surface area (Å²) in [6.45, 7) is 6.40. The van der Waals surface area contributed by atoms with E-state index in [1.54, 1.807) is 0 Å². The summed E-state index contributed by atoms with van der Waals surface area (Å²) in [6, 6.07) is 4.23. The first-order valence-electron chi connectivity index (χ1n) is 7.11. The Morgan fingerprint density at radius 3 is 3.00 bits per heavy atom. The second-order valence-electron chi connectivity index (χ2n) is 5.43. The quantitative estimate of drug-likeness (QED) is 0.715. The molecule has 1 fully saturated rings. The van der Waals surface area contributed by atoms with Gasteiger partial charge in [-0.15, -0.1) is 0 Å². The molecule has 0 saturated heterocycles. The molecule has 100 valence electrons. The number of nitrogens with one attached hydrogen (secondary N) is 1. The van der Waals surface area contributed by atoms with E-state index < -0.39 is 0 Å². The molecule has 1 saturated carbocycles. The summed E-state index contributed by atoms with van der Waals surface area (Å²) in [7, 11) is 2.20. The summed E-state index contributed by atoms with van der Waals surface area (Å²) in [5, 5.41) is 3.46. The Hall–Kier alpha value is -0.930. The predicted molar refractivity (Wildman–Crippen MR) is 75.3 cm³/mol. The molecule has 3 heteroatoms. The highest BCUT2D eigenvalue weighted by atomic mass is 15.1. The van der Waals surface area contributed by atoms with Gasteiger partial charge in [0, 0.05) is 25.8 Å². The van der Waals surface area contributed by atoms with Crippen LogP contribution >= 0.6 is 0 Å². The second kappa shape index (κ2) is 6.86. The van der Waals surface area contributed by atoms with E-state index in [0.717, 1.165) is 25.6 Å². The fourth-order valence-electron chi connectivity index (χ4n) is 2.24. The zero-order valence-corrected chi connectivity index (χ0v) is 11.7. The molecule has 1 aromatic heterocycles. The van der Waals surface area contributed by atoms with Crippen molar-refractivity contribution in [3.63, 3.8) is 0 Å². The second-order valence-corrected chi connectivity index (χ2v) is 5.43. The van der Waals surface area contributed by atoms with Crippen molar-refractivity contribution in [2.75, 3.05) is 20.1 Å². The normalized spacial score (nSPS) is 15.3. The summed E-state index contributed by atoms with van der Waals surface area (Å²) in [5.74, 6) is 0.945. The van der Waals surface area contributed by atoms with Gasteiger partial charge in [0.25, 0.3) is 0 Å². The minimum Gasteiger partial charge on any atom is -0.313 e. The largest absolute Gasteiger partial charge is 0.313 e. The molecule has 0 aliphatic heterocycles. The number of hydrogen-bond acceptors (Lipinski definition) is 3. The molecule has 0 aromatic carbocycles. The van der Waals surface area contributed by atoms with Gasteiger partial charge in [0.1, 0.15) is 0 Å². The molecule has 0 amide bonds. The van der Waals surface area contributed by atoms with Crippen molar-refractivity contribution in [3.8, 4) is 0 Å². The van der Waals surface area contributed by atoms with Crippen molar-refractivity contribution in [2.45, 2.75) is 39.3 Å². The van der Waals surface area contributed by atoms with E-state index >= 15 is 0 Å². The average Bonchev–Trinajstić information content (AvgIpc) is 3.15. The number of rotatable bonds is 8. The van der Waals surface area contributed by atoms with Crippen LogP contribution in [0.2, 0.25) is 0 Å². The maximum Gasteiger partial charge on any atom is 0.0588 e. The van der Waals surface area contributed by atoms with E-state index in [1.165, 1.54) is 37.1 Å². The van der Waals surface area contributed by atoms with E-state index in [9.17, 15) is 0 Å². The molecule has 1 aliphatic carbocycles. The van der Waals surface area contributed by atoms with E-state index in [-0.39, 0.29) is 0 Å². The van der Waals surface area contributed by atoms with Gasteiger partial charge in [-0.3, -0.25) is 4.98 Å². The lowest BCUT2D eigenvalue weighted by atomic mass is 10.1. The summed E-state index contributed by atoms with van der Waals surface area (Å²) in [5.41, 5.74) is 2.57. The standard InChI is InChI=1S/C15H25N3/c1-3-8-16-10-14-5-4-9-17-15(14)12-18(2)11-13-6-7-13/h4-5,9,13,16H,3,6-8,10-12H2,1-2H3. The maximum absolute atomic E-state index is 4.54. The zero-order valence-electron chi connectivity index (χ0n) is 11.7. The number of aromatic nitrogens is 1. The highest BCUT2D eigenvalue weighted by Gasteiger charge is 2.23. The third-order valence-electron chi connectivity index (χ3n) is 3.41. The monoisotopic (exact) mass is 247 g/mol. The van der Waals surface area contributed by atoms with Crippen LogP contribution in [-0.2, 0) is 13.1 Å². The van der Waals surface area contributed by atoms with Crippen molar-refractivity contribution in [3.05, 3.63) is 29.6 Å². The van der Waals surface area contributed by atoms with E-state index in [1.807, 2.05) is 12.3 Å². The Bertz CT molecular complexity index is 361. The minimum absolute atomic E-state index is 0.939. The molecule has 1 N–H and O–H groups in total. The first-order valence-corrected chi connectivity index (χ1v) is 7.11. The SMILES string of the molecule is CCCNCc1cccnc1CN(C)CC1CC1. The molecule has 0 unspecified atom stereocenters. The van der Waals surface area contributed by atoms with Gasteiger partial charge < -0.3 is 10.2 Å². The van der Waals surface area contributed by atoms with Crippen LogP contribution in [0.5, 0.6) is 0 Å². The number of nitrogens with zero attached hydrogens (tertiary/aromatic N) is 2. The lowest BCUT2D eigenvalue weighted by Crippen LogP contribution is -2.23. The lowest BCUT2D eigenvalue weighted by molar-refractivity contribution is 0.308. The highest BCUT2D eigenvalue weighted by molar-refractivity contribution is 5.19. The summed E-state index contributed by atoms with van der Waals surface area (Å²) in [4.78, 5) is 6.95. The van der Waals surface area contributed by atoms with Crippen LogP contribution < -0.4 is 5.32 Å². The minimum atomic E-state index is 0.939. The topological polar surface area (TPSA) is 28.2 Å². The zero-order chi connectivity index (χ0) is 12.8. The lowest BCUT2D eigenvalue weighted by Gasteiger charge is -2.17. The third kappa shape index (κ3) is 4.39.